The van der Waals surface area contributed by atoms with Gasteiger partial charge in [-0.15, -0.1) is 0 Å². The molecule has 0 spiro atoms. The first-order valence-electron chi connectivity index (χ1n) is 10.0. The number of carbonyl (C=O) groups excluding carboxylic acids is 2. The molecule has 0 bridgehead atoms. The molecule has 4 rings (SSSR count). The van der Waals surface area contributed by atoms with E-state index in [-0.39, 0.29) is 29.2 Å². The maximum absolute atomic E-state index is 12.9. The van der Waals surface area contributed by atoms with Crippen LogP contribution < -0.4 is 15.4 Å². The van der Waals surface area contributed by atoms with Crippen LogP contribution in [0.3, 0.4) is 0 Å². The van der Waals surface area contributed by atoms with Gasteiger partial charge in [-0.1, -0.05) is 29.3 Å². The van der Waals surface area contributed by atoms with Gasteiger partial charge < -0.3 is 20.1 Å². The summed E-state index contributed by atoms with van der Waals surface area (Å²) in [5.41, 5.74) is 0.971. The number of methoxy groups -OCH3 is 1. The molecule has 1 unspecified atom stereocenters. The minimum absolute atomic E-state index is 0.00754. The number of nitrogens with zero attached hydrogens (tertiary/aromatic N) is 4. The number of benzene rings is 1. The zero-order chi connectivity index (χ0) is 23.5. The van der Waals surface area contributed by atoms with Gasteiger partial charge in [-0.2, -0.15) is 10.1 Å². The van der Waals surface area contributed by atoms with Crippen molar-refractivity contribution in [2.75, 3.05) is 17.7 Å². The van der Waals surface area contributed by atoms with Gasteiger partial charge in [0.25, 0.3) is 5.91 Å². The zero-order valence-electron chi connectivity index (χ0n) is 17.7. The van der Waals surface area contributed by atoms with Gasteiger partial charge in [0, 0.05) is 12.4 Å². The Balaban J connectivity index is 1.55. The molecule has 1 saturated carbocycles. The number of para-hydroxylation sites is 1. The Labute approximate surface area is 199 Å². The lowest BCUT2D eigenvalue weighted by Gasteiger charge is -2.13. The molecule has 1 amide bonds. The molecule has 0 radical (unpaired) electrons. The SMILES string of the molecule is COC(=O)C(C)n1cc(Nc2ncc(C(=O)Nc3c(Cl)cccc3Cl)c(OC3CC3)n2)cn1. The number of halogens is 2. The van der Waals surface area contributed by atoms with Crippen molar-refractivity contribution in [3.63, 3.8) is 0 Å². The summed E-state index contributed by atoms with van der Waals surface area (Å²) < 4.78 is 12.0. The fourth-order valence-electron chi connectivity index (χ4n) is 2.84. The second-order valence-electron chi connectivity index (χ2n) is 7.31. The summed E-state index contributed by atoms with van der Waals surface area (Å²) in [5, 5.41) is 10.4. The molecule has 1 fully saturated rings. The summed E-state index contributed by atoms with van der Waals surface area (Å²) >= 11 is 12.3. The monoisotopic (exact) mass is 490 g/mol. The maximum Gasteiger partial charge on any atom is 0.330 e. The van der Waals surface area contributed by atoms with E-state index in [1.54, 1.807) is 31.3 Å². The first-order valence-corrected chi connectivity index (χ1v) is 10.8. The molecule has 2 aromatic heterocycles. The maximum atomic E-state index is 12.9. The van der Waals surface area contributed by atoms with Crippen molar-refractivity contribution in [3.05, 3.63) is 52.4 Å². The fourth-order valence-corrected chi connectivity index (χ4v) is 3.33. The first kappa shape index (κ1) is 22.8. The third kappa shape index (κ3) is 5.35. The number of esters is 1. The largest absolute Gasteiger partial charge is 0.474 e. The van der Waals surface area contributed by atoms with Crippen molar-refractivity contribution in [1.29, 1.82) is 0 Å². The van der Waals surface area contributed by atoms with Crippen molar-refractivity contribution >= 4 is 52.4 Å². The molecule has 33 heavy (non-hydrogen) atoms. The normalized spacial score (nSPS) is 13.8. The molecule has 1 atom stereocenters. The van der Waals surface area contributed by atoms with Crippen LogP contribution in [0, 0.1) is 0 Å². The molecule has 1 aliphatic carbocycles. The predicted octanol–water partition coefficient (Wildman–Crippen LogP) is 4.25. The van der Waals surface area contributed by atoms with E-state index in [0.29, 0.717) is 15.7 Å². The molecule has 10 nitrogen and oxygen atoms in total. The van der Waals surface area contributed by atoms with Crippen LogP contribution >= 0.6 is 23.2 Å². The minimum atomic E-state index is -0.595. The summed E-state index contributed by atoms with van der Waals surface area (Å²) in [6.45, 7) is 1.67. The highest BCUT2D eigenvalue weighted by atomic mass is 35.5. The Hall–Kier alpha value is -3.37. The Kier molecular flexibility index (Phi) is 6.66. The lowest BCUT2D eigenvalue weighted by atomic mass is 10.2. The van der Waals surface area contributed by atoms with E-state index >= 15 is 0 Å². The molecule has 1 aliphatic rings. The standard InChI is InChI=1S/C21H20Cl2N6O4/c1-11(20(31)32-2)29-10-12(8-25-29)26-21-24-9-14(19(28-21)33-13-6-7-13)18(30)27-17-15(22)4-3-5-16(17)23/h3-5,8-11,13H,6-7H2,1-2H3,(H,27,30)(H,24,26,28). The molecule has 1 aromatic carbocycles. The van der Waals surface area contributed by atoms with E-state index in [1.165, 1.54) is 24.2 Å². The van der Waals surface area contributed by atoms with Gasteiger partial charge in [0.2, 0.25) is 11.8 Å². The zero-order valence-corrected chi connectivity index (χ0v) is 19.2. The van der Waals surface area contributed by atoms with Crippen molar-refractivity contribution in [2.24, 2.45) is 0 Å². The quantitative estimate of drug-likeness (QED) is 0.449. The van der Waals surface area contributed by atoms with Crippen molar-refractivity contribution in [2.45, 2.75) is 31.9 Å². The number of nitrogens with one attached hydrogen (secondary N) is 2. The lowest BCUT2D eigenvalue weighted by molar-refractivity contribution is -0.144. The third-order valence-electron chi connectivity index (χ3n) is 4.80. The van der Waals surface area contributed by atoms with E-state index < -0.39 is 17.9 Å². The second kappa shape index (κ2) is 9.63. The van der Waals surface area contributed by atoms with E-state index in [4.69, 9.17) is 32.7 Å². The summed E-state index contributed by atoms with van der Waals surface area (Å²) in [4.78, 5) is 33.2. The van der Waals surface area contributed by atoms with Gasteiger partial charge in [0.15, 0.2) is 0 Å². The van der Waals surface area contributed by atoms with E-state index in [2.05, 4.69) is 25.7 Å². The Morgan fingerprint density at radius 3 is 2.61 bits per heavy atom. The van der Waals surface area contributed by atoms with Gasteiger partial charge >= 0.3 is 5.97 Å². The molecular formula is C21H20Cl2N6O4. The van der Waals surface area contributed by atoms with Crippen molar-refractivity contribution in [3.8, 4) is 5.88 Å². The highest BCUT2D eigenvalue weighted by Gasteiger charge is 2.28. The summed E-state index contributed by atoms with van der Waals surface area (Å²) in [5.74, 6) is -0.601. The average molecular weight is 491 g/mol. The van der Waals surface area contributed by atoms with Gasteiger partial charge in [-0.3, -0.25) is 9.48 Å². The fraction of sp³-hybridized carbons (Fsp3) is 0.286. The van der Waals surface area contributed by atoms with Crippen LogP contribution in [0.1, 0.15) is 36.2 Å². The minimum Gasteiger partial charge on any atom is -0.474 e. The molecule has 0 saturated heterocycles. The van der Waals surface area contributed by atoms with Crippen molar-refractivity contribution < 1.29 is 19.1 Å². The number of rotatable bonds is 8. The topological polar surface area (TPSA) is 120 Å². The van der Waals surface area contributed by atoms with Crippen LogP contribution in [0.2, 0.25) is 10.0 Å². The van der Waals surface area contributed by atoms with E-state index in [1.807, 2.05) is 0 Å². The van der Waals surface area contributed by atoms with Crippen molar-refractivity contribution in [1.82, 2.24) is 19.7 Å². The average Bonchev–Trinajstić information content (AvgIpc) is 3.50. The summed E-state index contributed by atoms with van der Waals surface area (Å²) in [7, 11) is 1.31. The smallest absolute Gasteiger partial charge is 0.330 e. The van der Waals surface area contributed by atoms with E-state index in [9.17, 15) is 9.59 Å². The van der Waals surface area contributed by atoms with Gasteiger partial charge in [0.05, 0.1) is 34.7 Å². The van der Waals surface area contributed by atoms with Crippen LogP contribution in [0.15, 0.2) is 36.8 Å². The van der Waals surface area contributed by atoms with Crippen LogP contribution in [-0.4, -0.2) is 44.8 Å². The number of hydrogen-bond acceptors (Lipinski definition) is 8. The molecular weight excluding hydrogens is 471 g/mol. The Morgan fingerprint density at radius 2 is 1.94 bits per heavy atom. The number of carbonyl (C=O) groups is 2. The number of aromatic nitrogens is 4. The predicted molar refractivity (Wildman–Crippen MR) is 122 cm³/mol. The lowest BCUT2D eigenvalue weighted by Crippen LogP contribution is -2.18. The van der Waals surface area contributed by atoms with Crippen LogP contribution in [0.5, 0.6) is 5.88 Å². The van der Waals surface area contributed by atoms with Gasteiger partial charge in [-0.25, -0.2) is 9.78 Å². The molecule has 0 aliphatic heterocycles. The third-order valence-corrected chi connectivity index (χ3v) is 5.43. The van der Waals surface area contributed by atoms with Crippen LogP contribution in [-0.2, 0) is 9.53 Å². The molecule has 172 valence electrons. The van der Waals surface area contributed by atoms with Gasteiger partial charge in [-0.05, 0) is 31.9 Å². The molecule has 2 heterocycles. The highest BCUT2D eigenvalue weighted by molar-refractivity contribution is 6.40. The summed E-state index contributed by atoms with van der Waals surface area (Å²) in [6.07, 6.45) is 6.24. The molecule has 2 N–H and O–H groups in total. The number of amides is 1. The molecule has 12 heteroatoms. The number of anilines is 3. The molecule has 3 aromatic rings. The summed E-state index contributed by atoms with van der Waals surface area (Å²) in [6, 6.07) is 4.33. The van der Waals surface area contributed by atoms with Crippen LogP contribution in [0.25, 0.3) is 0 Å². The number of ether oxygens (including phenoxy) is 2. The van der Waals surface area contributed by atoms with Gasteiger partial charge in [0.1, 0.15) is 17.7 Å². The van der Waals surface area contributed by atoms with E-state index in [0.717, 1.165) is 12.8 Å². The highest BCUT2D eigenvalue weighted by Crippen LogP contribution is 2.32. The number of hydrogen-bond donors (Lipinski definition) is 2. The van der Waals surface area contributed by atoms with Crippen LogP contribution in [0.4, 0.5) is 17.3 Å². The Morgan fingerprint density at radius 1 is 1.21 bits per heavy atom. The Bertz CT molecular complexity index is 1180. The second-order valence-corrected chi connectivity index (χ2v) is 8.13. The first-order chi connectivity index (χ1) is 15.9.